The van der Waals surface area contributed by atoms with Crippen molar-refractivity contribution in [2.45, 2.75) is 51.5 Å². The van der Waals surface area contributed by atoms with E-state index in [1.807, 2.05) is 0 Å². The summed E-state index contributed by atoms with van der Waals surface area (Å²) in [5, 5.41) is 3.51. The molecule has 2 heteroatoms. The van der Waals surface area contributed by atoms with Crippen LogP contribution >= 0.6 is 0 Å². The molecule has 0 saturated carbocycles. The fourth-order valence-electron chi connectivity index (χ4n) is 2.53. The van der Waals surface area contributed by atoms with E-state index < -0.39 is 0 Å². The van der Waals surface area contributed by atoms with Crippen molar-refractivity contribution < 1.29 is 4.74 Å². The Morgan fingerprint density at radius 1 is 1.28 bits per heavy atom. The van der Waals surface area contributed by atoms with Crippen molar-refractivity contribution in [1.82, 2.24) is 5.32 Å². The fourth-order valence-corrected chi connectivity index (χ4v) is 2.53. The Hall–Kier alpha value is -1.02. The molecule has 1 N–H and O–H groups in total. The third-order valence-corrected chi connectivity index (χ3v) is 3.58. The van der Waals surface area contributed by atoms with E-state index in [4.69, 9.17) is 4.74 Å². The number of rotatable bonds is 4. The molecule has 1 aromatic carbocycles. The Bertz CT molecular complexity index is 375. The summed E-state index contributed by atoms with van der Waals surface area (Å²) in [6.07, 6.45) is 3.71. The zero-order valence-corrected chi connectivity index (χ0v) is 11.8. The summed E-state index contributed by atoms with van der Waals surface area (Å²) in [5.74, 6) is 1.04. The Labute approximate surface area is 111 Å². The van der Waals surface area contributed by atoms with E-state index in [1.165, 1.54) is 24.9 Å². The van der Waals surface area contributed by atoms with Crippen molar-refractivity contribution in [3.8, 4) is 5.75 Å². The van der Waals surface area contributed by atoms with Crippen molar-refractivity contribution in [3.05, 3.63) is 29.8 Å². The largest absolute Gasteiger partial charge is 0.493 e. The Morgan fingerprint density at radius 3 is 2.72 bits per heavy atom. The first-order chi connectivity index (χ1) is 8.57. The van der Waals surface area contributed by atoms with Gasteiger partial charge in [0.05, 0.1) is 6.61 Å². The third-order valence-electron chi connectivity index (χ3n) is 3.58. The molecule has 0 aliphatic carbocycles. The smallest absolute Gasteiger partial charge is 0.123 e. The molecule has 1 saturated heterocycles. The van der Waals surface area contributed by atoms with Crippen LogP contribution in [0.5, 0.6) is 5.75 Å². The zero-order chi connectivity index (χ0) is 13.0. The standard InChI is InChI=1S/C16H25NO/c1-16(2,3)14-8-4-5-9-15(14)18-12-10-13-7-6-11-17-13/h4-5,8-9,13,17H,6-7,10-12H2,1-3H3. The monoisotopic (exact) mass is 247 g/mol. The molecule has 0 aromatic heterocycles. The molecule has 1 aromatic rings. The molecular formula is C16H25NO. The molecule has 2 nitrogen and oxygen atoms in total. The molecule has 1 fully saturated rings. The molecule has 1 atom stereocenters. The maximum Gasteiger partial charge on any atom is 0.123 e. The zero-order valence-electron chi connectivity index (χ0n) is 11.8. The van der Waals surface area contributed by atoms with Gasteiger partial charge in [-0.15, -0.1) is 0 Å². The number of hydrogen-bond acceptors (Lipinski definition) is 2. The van der Waals surface area contributed by atoms with Gasteiger partial charge >= 0.3 is 0 Å². The highest BCUT2D eigenvalue weighted by Gasteiger charge is 2.19. The van der Waals surface area contributed by atoms with Crippen LogP contribution in [0.25, 0.3) is 0 Å². The second-order valence-corrected chi connectivity index (χ2v) is 6.18. The molecule has 1 unspecified atom stereocenters. The van der Waals surface area contributed by atoms with E-state index in [0.717, 1.165) is 18.8 Å². The van der Waals surface area contributed by atoms with Gasteiger partial charge in [-0.25, -0.2) is 0 Å². The molecule has 2 rings (SSSR count). The highest BCUT2D eigenvalue weighted by atomic mass is 16.5. The predicted octanol–water partition coefficient (Wildman–Crippen LogP) is 3.51. The Morgan fingerprint density at radius 2 is 2.06 bits per heavy atom. The first kappa shape index (κ1) is 13.4. The summed E-state index contributed by atoms with van der Waals surface area (Å²) in [5.41, 5.74) is 1.44. The van der Waals surface area contributed by atoms with Gasteiger partial charge in [0.25, 0.3) is 0 Å². The molecule has 1 heterocycles. The number of hydrogen-bond donors (Lipinski definition) is 1. The van der Waals surface area contributed by atoms with Crippen molar-refractivity contribution in [2.75, 3.05) is 13.2 Å². The second kappa shape index (κ2) is 5.75. The van der Waals surface area contributed by atoms with Crippen molar-refractivity contribution in [3.63, 3.8) is 0 Å². The molecule has 0 spiro atoms. The van der Waals surface area contributed by atoms with Crippen LogP contribution in [0.15, 0.2) is 24.3 Å². The van der Waals surface area contributed by atoms with Crippen LogP contribution in [0.2, 0.25) is 0 Å². The minimum atomic E-state index is 0.141. The SMILES string of the molecule is CC(C)(C)c1ccccc1OCCC1CCCN1. The highest BCUT2D eigenvalue weighted by Crippen LogP contribution is 2.31. The normalized spacial score (nSPS) is 20.1. The summed E-state index contributed by atoms with van der Waals surface area (Å²) < 4.78 is 5.99. The van der Waals surface area contributed by atoms with Crippen LogP contribution in [0.1, 0.15) is 45.6 Å². The van der Waals surface area contributed by atoms with Gasteiger partial charge < -0.3 is 10.1 Å². The van der Waals surface area contributed by atoms with Gasteiger partial charge in [0.15, 0.2) is 0 Å². The minimum Gasteiger partial charge on any atom is -0.493 e. The molecule has 0 bridgehead atoms. The maximum absolute atomic E-state index is 5.99. The van der Waals surface area contributed by atoms with E-state index in [-0.39, 0.29) is 5.41 Å². The third kappa shape index (κ3) is 3.49. The van der Waals surface area contributed by atoms with Gasteiger partial charge in [0.1, 0.15) is 5.75 Å². The average molecular weight is 247 g/mol. The maximum atomic E-state index is 5.99. The number of benzene rings is 1. The van der Waals surface area contributed by atoms with Crippen LogP contribution in [0, 0.1) is 0 Å². The van der Waals surface area contributed by atoms with E-state index in [9.17, 15) is 0 Å². The molecule has 0 amide bonds. The second-order valence-electron chi connectivity index (χ2n) is 6.18. The van der Waals surface area contributed by atoms with Crippen LogP contribution in [0.4, 0.5) is 0 Å². The number of para-hydroxylation sites is 1. The van der Waals surface area contributed by atoms with E-state index in [2.05, 4.69) is 50.4 Å². The van der Waals surface area contributed by atoms with Crippen LogP contribution < -0.4 is 10.1 Å². The van der Waals surface area contributed by atoms with E-state index in [1.54, 1.807) is 0 Å². The lowest BCUT2D eigenvalue weighted by Crippen LogP contribution is -2.23. The molecule has 100 valence electrons. The summed E-state index contributed by atoms with van der Waals surface area (Å²) in [7, 11) is 0. The van der Waals surface area contributed by atoms with Gasteiger partial charge in [-0.1, -0.05) is 39.0 Å². The molecule has 18 heavy (non-hydrogen) atoms. The highest BCUT2D eigenvalue weighted by molar-refractivity contribution is 5.38. The summed E-state index contributed by atoms with van der Waals surface area (Å²) in [4.78, 5) is 0. The lowest BCUT2D eigenvalue weighted by atomic mass is 9.86. The predicted molar refractivity (Wildman–Crippen MR) is 76.3 cm³/mol. The number of nitrogens with one attached hydrogen (secondary N) is 1. The molecule has 1 aliphatic rings. The Balaban J connectivity index is 1.92. The van der Waals surface area contributed by atoms with Gasteiger partial charge in [-0.3, -0.25) is 0 Å². The van der Waals surface area contributed by atoms with Crippen LogP contribution in [-0.4, -0.2) is 19.2 Å². The first-order valence-electron chi connectivity index (χ1n) is 7.03. The lowest BCUT2D eigenvalue weighted by molar-refractivity contribution is 0.285. The van der Waals surface area contributed by atoms with Crippen molar-refractivity contribution in [2.24, 2.45) is 0 Å². The van der Waals surface area contributed by atoms with E-state index >= 15 is 0 Å². The fraction of sp³-hybridized carbons (Fsp3) is 0.625. The van der Waals surface area contributed by atoms with E-state index in [0.29, 0.717) is 6.04 Å². The van der Waals surface area contributed by atoms with Gasteiger partial charge in [-0.05, 0) is 42.9 Å². The number of ether oxygens (including phenoxy) is 1. The lowest BCUT2D eigenvalue weighted by Gasteiger charge is -2.23. The van der Waals surface area contributed by atoms with Gasteiger partial charge in [0, 0.05) is 6.04 Å². The molecule has 0 radical (unpaired) electrons. The minimum absolute atomic E-state index is 0.141. The summed E-state index contributed by atoms with van der Waals surface area (Å²) in [6, 6.07) is 9.06. The summed E-state index contributed by atoms with van der Waals surface area (Å²) in [6.45, 7) is 8.67. The first-order valence-corrected chi connectivity index (χ1v) is 7.03. The van der Waals surface area contributed by atoms with Gasteiger partial charge in [0.2, 0.25) is 0 Å². The summed E-state index contributed by atoms with van der Waals surface area (Å²) >= 11 is 0. The van der Waals surface area contributed by atoms with Crippen molar-refractivity contribution in [1.29, 1.82) is 0 Å². The quantitative estimate of drug-likeness (QED) is 0.879. The van der Waals surface area contributed by atoms with Crippen LogP contribution in [-0.2, 0) is 5.41 Å². The van der Waals surface area contributed by atoms with Crippen LogP contribution in [0.3, 0.4) is 0 Å². The topological polar surface area (TPSA) is 21.3 Å². The molecular weight excluding hydrogens is 222 g/mol. The van der Waals surface area contributed by atoms with Crippen molar-refractivity contribution >= 4 is 0 Å². The van der Waals surface area contributed by atoms with Gasteiger partial charge in [-0.2, -0.15) is 0 Å². The molecule has 1 aliphatic heterocycles. The Kier molecular flexibility index (Phi) is 4.28. The average Bonchev–Trinajstić information content (AvgIpc) is 2.81.